The molecule has 1 aromatic rings. The maximum Gasteiger partial charge on any atom is 0.250 e. The van der Waals surface area contributed by atoms with E-state index < -0.39 is 6.10 Å². The van der Waals surface area contributed by atoms with E-state index in [9.17, 15) is 4.79 Å². The number of aromatic nitrogens is 1. The van der Waals surface area contributed by atoms with Gasteiger partial charge in [-0.25, -0.2) is 0 Å². The lowest BCUT2D eigenvalue weighted by atomic mass is 10.3. The van der Waals surface area contributed by atoms with Gasteiger partial charge in [-0.1, -0.05) is 5.16 Å². The van der Waals surface area contributed by atoms with Crippen LogP contribution in [0.1, 0.15) is 5.76 Å². The first kappa shape index (κ1) is 10.7. The van der Waals surface area contributed by atoms with Crippen LogP contribution >= 0.6 is 0 Å². The highest BCUT2D eigenvalue weighted by molar-refractivity contribution is 5.80. The Kier molecular flexibility index (Phi) is 4.09. The zero-order valence-electron chi connectivity index (χ0n) is 7.90. The fraction of sp³-hybridized carbons (Fsp3) is 0.500. The number of carbonyl (C=O) groups is 1. The van der Waals surface area contributed by atoms with E-state index in [-0.39, 0.29) is 12.5 Å². The first-order chi connectivity index (χ1) is 6.77. The molecule has 1 unspecified atom stereocenters. The molecule has 1 aromatic heterocycles. The fourth-order valence-electron chi connectivity index (χ4n) is 0.932. The molecule has 14 heavy (non-hydrogen) atoms. The van der Waals surface area contributed by atoms with Gasteiger partial charge in [0.25, 0.3) is 5.91 Å². The second-order valence-electron chi connectivity index (χ2n) is 2.66. The number of carbonyl (C=O) groups excluding carboxylic acids is 1. The summed E-state index contributed by atoms with van der Waals surface area (Å²) in [5, 5.41) is 6.11. The van der Waals surface area contributed by atoms with E-state index in [2.05, 4.69) is 10.5 Å². The predicted octanol–water partition coefficient (Wildman–Crippen LogP) is -0.735. The SMILES string of the molecule is COC(CN)C(=O)NCc1ccno1. The van der Waals surface area contributed by atoms with E-state index in [1.165, 1.54) is 13.3 Å². The van der Waals surface area contributed by atoms with Crippen LogP contribution in [-0.4, -0.2) is 30.8 Å². The third-order valence-corrected chi connectivity index (χ3v) is 1.72. The molecule has 6 heteroatoms. The van der Waals surface area contributed by atoms with Crippen molar-refractivity contribution in [1.82, 2.24) is 10.5 Å². The molecule has 1 heterocycles. The molecule has 0 aliphatic heterocycles. The molecule has 0 aliphatic rings. The van der Waals surface area contributed by atoms with Crippen molar-refractivity contribution in [3.63, 3.8) is 0 Å². The van der Waals surface area contributed by atoms with Crippen molar-refractivity contribution in [3.8, 4) is 0 Å². The third-order valence-electron chi connectivity index (χ3n) is 1.72. The summed E-state index contributed by atoms with van der Waals surface area (Å²) in [5.41, 5.74) is 5.31. The standard InChI is InChI=1S/C8H13N3O3/c1-13-7(4-9)8(12)10-5-6-2-3-11-14-6/h2-3,7H,4-5,9H2,1H3,(H,10,12). The van der Waals surface area contributed by atoms with Gasteiger partial charge >= 0.3 is 0 Å². The summed E-state index contributed by atoms with van der Waals surface area (Å²) in [7, 11) is 1.44. The molecule has 1 rings (SSSR count). The first-order valence-electron chi connectivity index (χ1n) is 4.18. The van der Waals surface area contributed by atoms with Crippen LogP contribution in [0.5, 0.6) is 0 Å². The molecular weight excluding hydrogens is 186 g/mol. The second kappa shape index (κ2) is 5.36. The lowest BCUT2D eigenvalue weighted by Crippen LogP contribution is -2.40. The van der Waals surface area contributed by atoms with Crippen LogP contribution in [0, 0.1) is 0 Å². The summed E-state index contributed by atoms with van der Waals surface area (Å²) >= 11 is 0. The Labute approximate surface area is 81.4 Å². The van der Waals surface area contributed by atoms with Gasteiger partial charge < -0.3 is 20.3 Å². The second-order valence-corrected chi connectivity index (χ2v) is 2.66. The van der Waals surface area contributed by atoms with Crippen LogP contribution in [0.25, 0.3) is 0 Å². The van der Waals surface area contributed by atoms with Crippen LogP contribution in [0.2, 0.25) is 0 Å². The number of rotatable bonds is 5. The molecule has 0 aliphatic carbocycles. The van der Waals surface area contributed by atoms with Gasteiger partial charge in [0.2, 0.25) is 0 Å². The molecule has 1 atom stereocenters. The Morgan fingerprint density at radius 1 is 1.86 bits per heavy atom. The summed E-state index contributed by atoms with van der Waals surface area (Å²) in [4.78, 5) is 11.3. The van der Waals surface area contributed by atoms with Crippen LogP contribution in [0.4, 0.5) is 0 Å². The van der Waals surface area contributed by atoms with E-state index in [0.29, 0.717) is 12.3 Å². The molecule has 0 fully saturated rings. The van der Waals surface area contributed by atoms with Gasteiger partial charge in [-0.15, -0.1) is 0 Å². The molecular formula is C8H13N3O3. The van der Waals surface area contributed by atoms with E-state index >= 15 is 0 Å². The number of amides is 1. The molecule has 0 bridgehead atoms. The maximum absolute atomic E-state index is 11.3. The lowest BCUT2D eigenvalue weighted by Gasteiger charge is -2.11. The van der Waals surface area contributed by atoms with Gasteiger partial charge in [0.1, 0.15) is 6.10 Å². The van der Waals surface area contributed by atoms with E-state index in [4.69, 9.17) is 15.0 Å². The number of ether oxygens (including phenoxy) is 1. The maximum atomic E-state index is 11.3. The van der Waals surface area contributed by atoms with Crippen molar-refractivity contribution in [1.29, 1.82) is 0 Å². The molecule has 0 saturated heterocycles. The number of nitrogens with one attached hydrogen (secondary N) is 1. The highest BCUT2D eigenvalue weighted by Crippen LogP contribution is 1.96. The molecule has 1 amide bonds. The summed E-state index contributed by atoms with van der Waals surface area (Å²) in [6.07, 6.45) is 0.899. The van der Waals surface area contributed by atoms with Crippen molar-refractivity contribution in [2.45, 2.75) is 12.6 Å². The Hall–Kier alpha value is -1.40. The Bertz CT molecular complexity index is 269. The highest BCUT2D eigenvalue weighted by atomic mass is 16.5. The number of nitrogens with zero attached hydrogens (tertiary/aromatic N) is 1. The van der Waals surface area contributed by atoms with Gasteiger partial charge in [-0.2, -0.15) is 0 Å². The monoisotopic (exact) mass is 199 g/mol. The minimum atomic E-state index is -0.613. The van der Waals surface area contributed by atoms with E-state index in [0.717, 1.165) is 0 Å². The van der Waals surface area contributed by atoms with Crippen LogP contribution in [0.15, 0.2) is 16.8 Å². The number of hydrogen-bond acceptors (Lipinski definition) is 5. The largest absolute Gasteiger partial charge is 0.370 e. The lowest BCUT2D eigenvalue weighted by molar-refractivity contribution is -0.130. The average Bonchev–Trinajstić information content (AvgIpc) is 2.69. The Morgan fingerprint density at radius 3 is 3.14 bits per heavy atom. The third kappa shape index (κ3) is 2.82. The van der Waals surface area contributed by atoms with Crippen LogP contribution < -0.4 is 11.1 Å². The van der Waals surface area contributed by atoms with Gasteiger partial charge in [-0.05, 0) is 0 Å². The molecule has 3 N–H and O–H groups in total. The van der Waals surface area contributed by atoms with Crippen molar-refractivity contribution < 1.29 is 14.1 Å². The number of methoxy groups -OCH3 is 1. The van der Waals surface area contributed by atoms with E-state index in [1.807, 2.05) is 0 Å². The van der Waals surface area contributed by atoms with Crippen LogP contribution in [-0.2, 0) is 16.1 Å². The molecule has 0 radical (unpaired) electrons. The molecule has 6 nitrogen and oxygen atoms in total. The number of hydrogen-bond donors (Lipinski definition) is 2. The molecule has 0 spiro atoms. The normalized spacial score (nSPS) is 12.4. The molecule has 0 saturated carbocycles. The minimum absolute atomic E-state index is 0.152. The van der Waals surface area contributed by atoms with Crippen molar-refractivity contribution in [3.05, 3.63) is 18.0 Å². The molecule has 0 aromatic carbocycles. The zero-order valence-corrected chi connectivity index (χ0v) is 7.90. The topological polar surface area (TPSA) is 90.4 Å². The highest BCUT2D eigenvalue weighted by Gasteiger charge is 2.15. The van der Waals surface area contributed by atoms with E-state index in [1.54, 1.807) is 6.07 Å². The quantitative estimate of drug-likeness (QED) is 0.652. The van der Waals surface area contributed by atoms with Crippen molar-refractivity contribution >= 4 is 5.91 Å². The molecule has 78 valence electrons. The first-order valence-corrected chi connectivity index (χ1v) is 4.18. The predicted molar refractivity (Wildman–Crippen MR) is 48.2 cm³/mol. The van der Waals surface area contributed by atoms with Gasteiger partial charge in [0, 0.05) is 19.7 Å². The van der Waals surface area contributed by atoms with Gasteiger partial charge in [0.15, 0.2) is 5.76 Å². The minimum Gasteiger partial charge on any atom is -0.370 e. The fourth-order valence-corrected chi connectivity index (χ4v) is 0.932. The van der Waals surface area contributed by atoms with Crippen molar-refractivity contribution in [2.75, 3.05) is 13.7 Å². The summed E-state index contributed by atoms with van der Waals surface area (Å²) < 4.78 is 9.64. The Balaban J connectivity index is 2.34. The summed E-state index contributed by atoms with van der Waals surface area (Å²) in [6.45, 7) is 0.442. The van der Waals surface area contributed by atoms with Gasteiger partial charge in [0.05, 0.1) is 12.7 Å². The smallest absolute Gasteiger partial charge is 0.250 e. The zero-order chi connectivity index (χ0) is 10.4. The summed E-state index contributed by atoms with van der Waals surface area (Å²) in [6, 6.07) is 1.67. The summed E-state index contributed by atoms with van der Waals surface area (Å²) in [5.74, 6) is 0.330. The van der Waals surface area contributed by atoms with Crippen LogP contribution in [0.3, 0.4) is 0 Å². The van der Waals surface area contributed by atoms with Gasteiger partial charge in [-0.3, -0.25) is 4.79 Å². The number of nitrogens with two attached hydrogens (primary N) is 1. The Morgan fingerprint density at radius 2 is 2.64 bits per heavy atom. The van der Waals surface area contributed by atoms with Crippen molar-refractivity contribution in [2.24, 2.45) is 5.73 Å². The average molecular weight is 199 g/mol.